The van der Waals surface area contributed by atoms with Crippen LogP contribution in [-0.2, 0) is 41.8 Å². The van der Waals surface area contributed by atoms with Gasteiger partial charge in [0.15, 0.2) is 0 Å². The minimum atomic E-state index is -0.739. The summed E-state index contributed by atoms with van der Waals surface area (Å²) < 4.78 is 21.7. The standard InChI is InChI=1S/C34H49N3O8/c1-33(2,3)44-30(39)28(19-13-14-20-35-31(40)43-24-26-17-11-8-12-18-26)36-22-27(37-32(41)45-34(4,5)6)21-29(38)42-23-25-15-9-7-10-16-25/h7-12,15-18,27-28,36H,13-14,19-24H2,1-6H3,(H,35,40)(H,37,41)/t27-,28-/m0/s1. The number of alkyl carbamates (subject to hydrolysis) is 2. The normalized spacial score (nSPS) is 12.8. The van der Waals surface area contributed by atoms with E-state index in [0.29, 0.717) is 25.8 Å². The number of rotatable bonds is 16. The fourth-order valence-electron chi connectivity index (χ4n) is 4.05. The van der Waals surface area contributed by atoms with Crippen molar-refractivity contribution in [3.8, 4) is 0 Å². The van der Waals surface area contributed by atoms with Crippen molar-refractivity contribution in [3.63, 3.8) is 0 Å². The van der Waals surface area contributed by atoms with Crippen LogP contribution in [0.3, 0.4) is 0 Å². The molecule has 0 aliphatic carbocycles. The number of carbonyl (C=O) groups excluding carboxylic acids is 4. The van der Waals surface area contributed by atoms with Crippen molar-refractivity contribution in [2.75, 3.05) is 13.1 Å². The number of benzene rings is 2. The molecule has 11 heteroatoms. The first-order chi connectivity index (χ1) is 21.2. The van der Waals surface area contributed by atoms with E-state index in [1.807, 2.05) is 60.7 Å². The van der Waals surface area contributed by atoms with Crippen LogP contribution in [0, 0.1) is 0 Å². The molecule has 0 unspecified atom stereocenters. The molecule has 0 radical (unpaired) electrons. The fourth-order valence-corrected chi connectivity index (χ4v) is 4.05. The molecule has 2 aromatic carbocycles. The first-order valence-electron chi connectivity index (χ1n) is 15.3. The Bertz CT molecular complexity index is 1190. The van der Waals surface area contributed by atoms with E-state index in [1.54, 1.807) is 41.5 Å². The largest absolute Gasteiger partial charge is 0.461 e. The van der Waals surface area contributed by atoms with Crippen molar-refractivity contribution in [2.24, 2.45) is 0 Å². The van der Waals surface area contributed by atoms with Crippen molar-refractivity contribution in [1.82, 2.24) is 16.0 Å². The molecule has 11 nitrogen and oxygen atoms in total. The highest BCUT2D eigenvalue weighted by atomic mass is 16.6. The highest BCUT2D eigenvalue weighted by Crippen LogP contribution is 2.13. The molecular weight excluding hydrogens is 578 g/mol. The van der Waals surface area contributed by atoms with Crippen LogP contribution in [0.4, 0.5) is 9.59 Å². The number of nitrogens with one attached hydrogen (secondary N) is 3. The summed E-state index contributed by atoms with van der Waals surface area (Å²) in [5, 5.41) is 8.60. The van der Waals surface area contributed by atoms with Crippen molar-refractivity contribution < 1.29 is 38.1 Å². The topological polar surface area (TPSA) is 141 Å². The van der Waals surface area contributed by atoms with Crippen molar-refractivity contribution >= 4 is 24.1 Å². The summed E-state index contributed by atoms with van der Waals surface area (Å²) in [4.78, 5) is 50.4. The molecule has 0 spiro atoms. The summed E-state index contributed by atoms with van der Waals surface area (Å²) in [6, 6.07) is 17.2. The Morgan fingerprint density at radius 3 is 1.82 bits per heavy atom. The van der Waals surface area contributed by atoms with Crippen LogP contribution in [-0.4, -0.2) is 60.5 Å². The number of unbranched alkanes of at least 4 members (excludes halogenated alkanes) is 1. The van der Waals surface area contributed by atoms with Gasteiger partial charge in [0.2, 0.25) is 0 Å². The van der Waals surface area contributed by atoms with Gasteiger partial charge in [0.1, 0.15) is 30.5 Å². The molecule has 0 aliphatic rings. The molecule has 2 atom stereocenters. The van der Waals surface area contributed by atoms with Crippen molar-refractivity contribution in [3.05, 3.63) is 71.8 Å². The number of hydrogen-bond donors (Lipinski definition) is 3. The maximum absolute atomic E-state index is 13.1. The predicted molar refractivity (Wildman–Crippen MR) is 170 cm³/mol. The van der Waals surface area contributed by atoms with Gasteiger partial charge < -0.3 is 34.9 Å². The van der Waals surface area contributed by atoms with Crippen LogP contribution in [0.2, 0.25) is 0 Å². The van der Waals surface area contributed by atoms with E-state index >= 15 is 0 Å². The monoisotopic (exact) mass is 627 g/mol. The van der Waals surface area contributed by atoms with Crippen LogP contribution < -0.4 is 16.0 Å². The van der Waals surface area contributed by atoms with E-state index in [4.69, 9.17) is 18.9 Å². The number of carbonyl (C=O) groups is 4. The van der Waals surface area contributed by atoms with Crippen LogP contribution in [0.1, 0.15) is 78.4 Å². The summed E-state index contributed by atoms with van der Waals surface area (Å²) >= 11 is 0. The Morgan fingerprint density at radius 1 is 0.711 bits per heavy atom. The van der Waals surface area contributed by atoms with Gasteiger partial charge in [-0.05, 0) is 71.9 Å². The third kappa shape index (κ3) is 17.7. The molecule has 0 heterocycles. The van der Waals surface area contributed by atoms with Gasteiger partial charge in [0.05, 0.1) is 12.5 Å². The Kier molecular flexibility index (Phi) is 15.3. The zero-order chi connectivity index (χ0) is 33.3. The number of hydrogen-bond acceptors (Lipinski definition) is 9. The molecule has 248 valence electrons. The van der Waals surface area contributed by atoms with E-state index in [0.717, 1.165) is 11.1 Å². The molecule has 2 aromatic rings. The molecule has 2 amide bonds. The third-order valence-electron chi connectivity index (χ3n) is 6.08. The summed E-state index contributed by atoms with van der Waals surface area (Å²) in [7, 11) is 0. The molecular formula is C34H49N3O8. The smallest absolute Gasteiger partial charge is 0.407 e. The maximum atomic E-state index is 13.1. The molecule has 0 fully saturated rings. The van der Waals surface area contributed by atoms with E-state index in [2.05, 4.69) is 16.0 Å². The summed E-state index contributed by atoms with van der Waals surface area (Å²) in [5.41, 5.74) is 0.278. The molecule has 0 saturated carbocycles. The van der Waals surface area contributed by atoms with Gasteiger partial charge in [0.25, 0.3) is 0 Å². The Hall–Kier alpha value is -4.12. The summed E-state index contributed by atoms with van der Waals surface area (Å²) in [6.45, 7) is 11.3. The molecule has 0 aliphatic heterocycles. The van der Waals surface area contributed by atoms with Gasteiger partial charge in [-0.3, -0.25) is 9.59 Å². The summed E-state index contributed by atoms with van der Waals surface area (Å²) in [5.74, 6) is -0.971. The molecule has 3 N–H and O–H groups in total. The molecule has 2 rings (SSSR count). The molecule has 0 aromatic heterocycles. The number of amides is 2. The van der Waals surface area contributed by atoms with E-state index < -0.39 is 47.4 Å². The predicted octanol–water partition coefficient (Wildman–Crippen LogP) is 5.41. The Morgan fingerprint density at radius 2 is 1.27 bits per heavy atom. The summed E-state index contributed by atoms with van der Waals surface area (Å²) in [6.07, 6.45) is 0.217. The van der Waals surface area contributed by atoms with Crippen molar-refractivity contribution in [2.45, 2.75) is 104 Å². The molecule has 0 saturated heterocycles. The van der Waals surface area contributed by atoms with E-state index in [9.17, 15) is 19.2 Å². The zero-order valence-electron chi connectivity index (χ0n) is 27.4. The fraction of sp³-hybridized carbons (Fsp3) is 0.529. The van der Waals surface area contributed by atoms with Crippen molar-refractivity contribution in [1.29, 1.82) is 0 Å². The number of esters is 2. The van der Waals surface area contributed by atoms with Crippen LogP contribution in [0.25, 0.3) is 0 Å². The molecule has 45 heavy (non-hydrogen) atoms. The van der Waals surface area contributed by atoms with E-state index in [-0.39, 0.29) is 26.2 Å². The van der Waals surface area contributed by atoms with Crippen LogP contribution >= 0.6 is 0 Å². The van der Waals surface area contributed by atoms with Gasteiger partial charge >= 0.3 is 24.1 Å². The minimum Gasteiger partial charge on any atom is -0.461 e. The lowest BCUT2D eigenvalue weighted by atomic mass is 10.1. The highest BCUT2D eigenvalue weighted by molar-refractivity contribution is 5.76. The third-order valence-corrected chi connectivity index (χ3v) is 6.08. The van der Waals surface area contributed by atoms with Crippen LogP contribution in [0.5, 0.6) is 0 Å². The number of ether oxygens (including phenoxy) is 4. The van der Waals surface area contributed by atoms with Gasteiger partial charge in [-0.15, -0.1) is 0 Å². The molecule has 0 bridgehead atoms. The van der Waals surface area contributed by atoms with Gasteiger partial charge in [-0.1, -0.05) is 60.7 Å². The highest BCUT2D eigenvalue weighted by Gasteiger charge is 2.27. The van der Waals surface area contributed by atoms with E-state index in [1.165, 1.54) is 0 Å². The zero-order valence-corrected chi connectivity index (χ0v) is 27.4. The Balaban J connectivity index is 1.94. The Labute approximate surface area is 266 Å². The van der Waals surface area contributed by atoms with Gasteiger partial charge in [0, 0.05) is 13.1 Å². The van der Waals surface area contributed by atoms with Gasteiger partial charge in [-0.25, -0.2) is 9.59 Å². The second-order valence-corrected chi connectivity index (χ2v) is 12.7. The lowest BCUT2D eigenvalue weighted by Gasteiger charge is -2.27. The van der Waals surface area contributed by atoms with Gasteiger partial charge in [-0.2, -0.15) is 0 Å². The average molecular weight is 628 g/mol. The SMILES string of the molecule is CC(C)(C)OC(=O)N[C@H](CN[C@@H](CCCCNC(=O)OCc1ccccc1)C(=O)OC(C)(C)C)CC(=O)OCc1ccccc1. The average Bonchev–Trinajstić information content (AvgIpc) is 2.95. The second kappa shape index (κ2) is 18.6. The first kappa shape index (κ1) is 37.1. The maximum Gasteiger partial charge on any atom is 0.407 e. The quantitative estimate of drug-likeness (QED) is 0.127. The first-order valence-corrected chi connectivity index (χ1v) is 15.3. The lowest BCUT2D eigenvalue weighted by molar-refractivity contribution is -0.157. The second-order valence-electron chi connectivity index (χ2n) is 12.7. The lowest BCUT2D eigenvalue weighted by Crippen LogP contribution is -2.50. The minimum absolute atomic E-state index is 0.0770. The van der Waals surface area contributed by atoms with Crippen LogP contribution in [0.15, 0.2) is 60.7 Å².